The maximum absolute atomic E-state index is 8.15. The molecule has 0 aliphatic carbocycles. The Bertz CT molecular complexity index is 1100. The van der Waals surface area contributed by atoms with Gasteiger partial charge in [-0.25, -0.2) is 0 Å². The normalized spacial score (nSPS) is 21.7. The monoisotopic (exact) mass is 362 g/mol. The molecular formula is C23H30BN3. The zero-order valence-electron chi connectivity index (χ0n) is 20.1. The molecule has 3 nitrogen and oxygen atoms in total. The Morgan fingerprint density at radius 1 is 0.963 bits per heavy atom. The Morgan fingerprint density at radius 3 is 2.19 bits per heavy atom. The molecular weight excluding hydrogens is 329 g/mol. The van der Waals surface area contributed by atoms with Crippen LogP contribution in [0.3, 0.4) is 0 Å². The highest BCUT2D eigenvalue weighted by molar-refractivity contribution is 6.75. The fraction of sp³-hybridized carbons (Fsp3) is 0.391. The lowest BCUT2D eigenvalue weighted by molar-refractivity contribution is 0.468. The molecule has 2 aromatic rings. The summed E-state index contributed by atoms with van der Waals surface area (Å²) in [5, 5.41) is 4.67. The number of para-hydroxylation sites is 2. The second kappa shape index (κ2) is 6.08. The van der Waals surface area contributed by atoms with E-state index >= 15 is 0 Å². The van der Waals surface area contributed by atoms with E-state index in [1.54, 1.807) is 4.90 Å². The summed E-state index contributed by atoms with van der Waals surface area (Å²) >= 11 is 0. The van der Waals surface area contributed by atoms with Crippen molar-refractivity contribution in [3.63, 3.8) is 0 Å². The molecule has 2 aliphatic heterocycles. The van der Waals surface area contributed by atoms with E-state index in [4.69, 9.17) is 4.11 Å². The highest BCUT2D eigenvalue weighted by Gasteiger charge is 2.42. The van der Waals surface area contributed by atoms with E-state index in [2.05, 4.69) is 68.7 Å². The summed E-state index contributed by atoms with van der Waals surface area (Å²) in [6.45, 7) is 11.0. The lowest BCUT2D eigenvalue weighted by atomic mass is 9.48. The number of hydrogen-bond donors (Lipinski definition) is 0. The number of fused-ring (bicyclic) bond motifs is 2. The number of anilines is 2. The minimum atomic E-state index is -2.22. The van der Waals surface area contributed by atoms with Crippen LogP contribution in [0.15, 0.2) is 48.5 Å². The van der Waals surface area contributed by atoms with Crippen molar-refractivity contribution in [2.45, 2.75) is 47.6 Å². The second-order valence-corrected chi connectivity index (χ2v) is 8.65. The van der Waals surface area contributed by atoms with Gasteiger partial charge in [0.2, 0.25) is 0 Å². The van der Waals surface area contributed by atoms with Gasteiger partial charge in [0.25, 0.3) is 0 Å². The zero-order chi connectivity index (χ0) is 22.0. The van der Waals surface area contributed by atoms with Crippen molar-refractivity contribution in [3.8, 4) is 0 Å². The van der Waals surface area contributed by atoms with Crippen molar-refractivity contribution >= 4 is 29.4 Å². The molecule has 0 N–H and O–H groups in total. The Balaban J connectivity index is 1.97. The first-order valence-corrected chi connectivity index (χ1v) is 9.72. The summed E-state index contributed by atoms with van der Waals surface area (Å²) in [5.74, 6) is 0. The lowest BCUT2D eigenvalue weighted by Gasteiger charge is -2.47. The number of hydrazine groups is 1. The molecule has 0 amide bonds. The summed E-state index contributed by atoms with van der Waals surface area (Å²) in [6.07, 6.45) is -0.334. The predicted molar refractivity (Wildman–Crippen MR) is 118 cm³/mol. The molecule has 0 saturated heterocycles. The van der Waals surface area contributed by atoms with Crippen LogP contribution in [-0.4, -0.2) is 24.9 Å². The molecule has 2 aromatic carbocycles. The van der Waals surface area contributed by atoms with Gasteiger partial charge in [-0.3, -0.25) is 5.01 Å². The maximum atomic E-state index is 8.15. The Kier molecular flexibility index (Phi) is 3.31. The van der Waals surface area contributed by atoms with Crippen LogP contribution in [0.2, 0.25) is 6.82 Å². The smallest absolute Gasteiger partial charge is 0.307 e. The summed E-state index contributed by atoms with van der Waals surface area (Å²) in [5.41, 5.74) is 4.16. The molecule has 2 aliphatic rings. The van der Waals surface area contributed by atoms with Crippen LogP contribution in [-0.2, 0) is 0 Å². The standard InChI is InChI=1S/C23H30BN3/c1-16-18-12-8-9-13-19(18)22(23(3,4)5)24(6)27(16)26-17(2)25(7)20-14-10-11-15-21(20)26/h8-15,17H,1-7H3/t17-/m0/s1/i7D3. The number of rotatable bonds is 1. The molecule has 0 spiro atoms. The van der Waals surface area contributed by atoms with E-state index < -0.39 is 6.98 Å². The van der Waals surface area contributed by atoms with Crippen LogP contribution >= 0.6 is 0 Å². The Hall–Kier alpha value is -2.36. The van der Waals surface area contributed by atoms with Crippen LogP contribution in [0.5, 0.6) is 0 Å². The summed E-state index contributed by atoms with van der Waals surface area (Å²) in [4.78, 5) is 3.86. The first kappa shape index (κ1) is 14.7. The molecule has 0 bridgehead atoms. The molecule has 0 fully saturated rings. The predicted octanol–water partition coefficient (Wildman–Crippen LogP) is 3.71. The van der Waals surface area contributed by atoms with Crippen molar-refractivity contribution < 1.29 is 4.11 Å². The summed E-state index contributed by atoms with van der Waals surface area (Å²) in [6, 6.07) is 16.4. The summed E-state index contributed by atoms with van der Waals surface area (Å²) < 4.78 is 24.5. The van der Waals surface area contributed by atoms with Gasteiger partial charge in [0.1, 0.15) is 6.17 Å². The molecule has 0 radical (unpaired) electrons. The number of hydrogen-bond acceptors (Lipinski definition) is 3. The van der Waals surface area contributed by atoms with Crippen molar-refractivity contribution in [3.05, 3.63) is 59.0 Å². The minimum Gasteiger partial charge on any atom is -0.351 e. The number of nitrogens with zero attached hydrogens (tertiary/aromatic N) is 3. The van der Waals surface area contributed by atoms with E-state index in [-0.39, 0.29) is 18.4 Å². The molecule has 4 rings (SSSR count). The van der Waals surface area contributed by atoms with Gasteiger partial charge in [-0.15, -0.1) is 0 Å². The molecule has 1 atom stereocenters. The van der Waals surface area contributed by atoms with Gasteiger partial charge < -0.3 is 9.82 Å². The summed E-state index contributed by atoms with van der Waals surface area (Å²) in [7, 11) is 0. The molecule has 4 heteroatoms. The zero-order valence-corrected chi connectivity index (χ0v) is 17.1. The van der Waals surface area contributed by atoms with Crippen LogP contribution in [0, 0.1) is 5.41 Å². The van der Waals surface area contributed by atoms with Crippen LogP contribution < -0.4 is 20.3 Å². The van der Waals surface area contributed by atoms with Gasteiger partial charge in [0, 0.05) is 22.0 Å². The van der Waals surface area contributed by atoms with Crippen molar-refractivity contribution in [2.75, 3.05) is 16.9 Å². The van der Waals surface area contributed by atoms with Crippen molar-refractivity contribution in [1.29, 1.82) is 0 Å². The van der Waals surface area contributed by atoms with E-state index in [0.29, 0.717) is 0 Å². The quantitative estimate of drug-likeness (QED) is 0.716. The third-order valence-electron chi connectivity index (χ3n) is 5.89. The Morgan fingerprint density at radius 2 is 1.56 bits per heavy atom. The average Bonchev–Trinajstić information content (AvgIpc) is 2.93. The van der Waals surface area contributed by atoms with Gasteiger partial charge >= 0.3 is 6.85 Å². The van der Waals surface area contributed by atoms with Crippen molar-refractivity contribution in [2.24, 2.45) is 5.41 Å². The van der Waals surface area contributed by atoms with Gasteiger partial charge in [-0.2, -0.15) is 0 Å². The molecule has 140 valence electrons. The Labute approximate surface area is 167 Å². The van der Waals surface area contributed by atoms with Crippen LogP contribution in [0.1, 0.15) is 38.7 Å². The van der Waals surface area contributed by atoms with E-state index in [0.717, 1.165) is 17.1 Å². The van der Waals surface area contributed by atoms with Gasteiger partial charge in [0.05, 0.1) is 11.4 Å². The second-order valence-electron chi connectivity index (χ2n) is 8.65. The highest BCUT2D eigenvalue weighted by atomic mass is 15.7. The highest BCUT2D eigenvalue weighted by Crippen LogP contribution is 2.42. The van der Waals surface area contributed by atoms with E-state index in [1.165, 1.54) is 15.9 Å². The first-order chi connectivity index (χ1) is 13.9. The van der Waals surface area contributed by atoms with Gasteiger partial charge in [-0.05, 0) is 36.6 Å². The van der Waals surface area contributed by atoms with Gasteiger partial charge in [0.15, 0.2) is 0 Å². The van der Waals surface area contributed by atoms with E-state index in [9.17, 15) is 0 Å². The van der Waals surface area contributed by atoms with Crippen LogP contribution in [0.4, 0.5) is 11.4 Å². The fourth-order valence-electron chi connectivity index (χ4n) is 4.84. The SMILES string of the molecule is [2H]C([2H])([2H])N1c2ccccc2N(N2B(C)C(C(C)(C)C)=c3ccccc3=C2C)[C@H]1C. The molecule has 2 heterocycles. The third kappa shape index (κ3) is 2.57. The topological polar surface area (TPSA) is 9.72 Å². The number of benzene rings is 2. The molecule has 27 heavy (non-hydrogen) atoms. The van der Waals surface area contributed by atoms with Crippen LogP contribution in [0.25, 0.3) is 11.2 Å². The minimum absolute atomic E-state index is 0.0271. The third-order valence-corrected chi connectivity index (χ3v) is 5.89. The van der Waals surface area contributed by atoms with Gasteiger partial charge in [-0.1, -0.05) is 69.5 Å². The van der Waals surface area contributed by atoms with Crippen molar-refractivity contribution in [1.82, 2.24) is 4.92 Å². The largest absolute Gasteiger partial charge is 0.351 e. The van der Waals surface area contributed by atoms with E-state index in [1.807, 2.05) is 31.2 Å². The molecule has 0 unspecified atom stereocenters. The first-order valence-electron chi connectivity index (χ1n) is 11.2. The molecule has 0 saturated carbocycles. The molecule has 0 aromatic heterocycles. The average molecular weight is 362 g/mol. The maximum Gasteiger partial charge on any atom is 0.307 e. The fourth-order valence-corrected chi connectivity index (χ4v) is 4.84. The lowest BCUT2D eigenvalue weighted by Crippen LogP contribution is -2.61.